The van der Waals surface area contributed by atoms with E-state index in [2.05, 4.69) is 37.3 Å². The van der Waals surface area contributed by atoms with Gasteiger partial charge in [-0.2, -0.15) is 0 Å². The maximum absolute atomic E-state index is 5.24. The van der Waals surface area contributed by atoms with Crippen molar-refractivity contribution in [2.75, 3.05) is 7.11 Å². The minimum Gasteiger partial charge on any atom is -0.497 e. The molecule has 0 N–H and O–H groups in total. The lowest BCUT2D eigenvalue weighted by molar-refractivity contribution is 0.241. The second kappa shape index (κ2) is 10.2. The summed E-state index contributed by atoms with van der Waals surface area (Å²) in [6, 6.07) is 8.57. The molecule has 0 bridgehead atoms. The fraction of sp³-hybridized carbons (Fsp3) is 0.680. The van der Waals surface area contributed by atoms with E-state index in [0.29, 0.717) is 0 Å². The predicted octanol–water partition coefficient (Wildman–Crippen LogP) is 7.35. The molecule has 2 aliphatic rings. The Morgan fingerprint density at radius 3 is 2.15 bits per heavy atom. The molecule has 1 unspecified atom stereocenters. The van der Waals surface area contributed by atoms with Crippen LogP contribution in [-0.4, -0.2) is 7.11 Å². The summed E-state index contributed by atoms with van der Waals surface area (Å²) in [4.78, 5) is 0. The van der Waals surface area contributed by atoms with Gasteiger partial charge in [-0.3, -0.25) is 0 Å². The fourth-order valence-corrected chi connectivity index (χ4v) is 4.93. The molecule has 0 saturated heterocycles. The van der Waals surface area contributed by atoms with Gasteiger partial charge in [-0.1, -0.05) is 69.2 Å². The van der Waals surface area contributed by atoms with Crippen molar-refractivity contribution in [3.63, 3.8) is 0 Å². The van der Waals surface area contributed by atoms with Gasteiger partial charge in [0.25, 0.3) is 0 Å². The minimum absolute atomic E-state index is 0.955. The zero-order valence-corrected chi connectivity index (χ0v) is 17.0. The average molecular weight is 355 g/mol. The third-order valence-electron chi connectivity index (χ3n) is 7.03. The Kier molecular flexibility index (Phi) is 7.65. The Hall–Kier alpha value is -1.24. The number of allylic oxidation sites excluding steroid dienone is 2. The van der Waals surface area contributed by atoms with Crippen molar-refractivity contribution in [3.05, 3.63) is 41.5 Å². The van der Waals surface area contributed by atoms with Gasteiger partial charge in [-0.15, -0.1) is 0 Å². The average Bonchev–Trinajstić information content (AvgIpc) is 2.72. The van der Waals surface area contributed by atoms with Crippen molar-refractivity contribution in [3.8, 4) is 5.75 Å². The van der Waals surface area contributed by atoms with E-state index in [4.69, 9.17) is 4.74 Å². The quantitative estimate of drug-likeness (QED) is 0.443. The van der Waals surface area contributed by atoms with Crippen LogP contribution < -0.4 is 4.74 Å². The second-order valence-electron chi connectivity index (χ2n) is 8.72. The third kappa shape index (κ3) is 5.89. The maximum atomic E-state index is 5.24. The molecule has 1 aromatic carbocycles. The smallest absolute Gasteiger partial charge is 0.118 e. The van der Waals surface area contributed by atoms with Crippen LogP contribution >= 0.6 is 0 Å². The normalized spacial score (nSPS) is 26.4. The van der Waals surface area contributed by atoms with E-state index in [1.54, 1.807) is 12.7 Å². The Bertz CT molecular complexity index is 548. The highest BCUT2D eigenvalue weighted by molar-refractivity contribution is 5.27. The lowest BCUT2D eigenvalue weighted by Crippen LogP contribution is -2.15. The summed E-state index contributed by atoms with van der Waals surface area (Å²) in [5.41, 5.74) is 3.12. The van der Waals surface area contributed by atoms with Crippen molar-refractivity contribution in [2.45, 2.75) is 84.0 Å². The van der Waals surface area contributed by atoms with Gasteiger partial charge in [-0.25, -0.2) is 0 Å². The molecule has 0 amide bonds. The number of methoxy groups -OCH3 is 1. The van der Waals surface area contributed by atoms with E-state index in [-0.39, 0.29) is 0 Å². The van der Waals surface area contributed by atoms with Gasteiger partial charge in [0, 0.05) is 0 Å². The van der Waals surface area contributed by atoms with Crippen LogP contribution in [0.3, 0.4) is 0 Å². The molecule has 144 valence electrons. The Morgan fingerprint density at radius 2 is 1.54 bits per heavy atom. The monoisotopic (exact) mass is 354 g/mol. The molecule has 0 spiro atoms. The molecule has 1 atom stereocenters. The van der Waals surface area contributed by atoms with E-state index >= 15 is 0 Å². The summed E-state index contributed by atoms with van der Waals surface area (Å²) in [6.07, 6.45) is 19.5. The Labute approximate surface area is 161 Å². The second-order valence-corrected chi connectivity index (χ2v) is 8.72. The number of rotatable bonds is 8. The molecule has 2 aliphatic carbocycles. The van der Waals surface area contributed by atoms with Gasteiger partial charge >= 0.3 is 0 Å². The SMILES string of the molecule is CC[C@H]1CC[C@H](CCC2CC=C(CCc3ccc(OC)cc3)CC2)CC1. The van der Waals surface area contributed by atoms with Crippen LogP contribution in [-0.2, 0) is 6.42 Å². The molecule has 1 saturated carbocycles. The first-order valence-electron chi connectivity index (χ1n) is 11.1. The highest BCUT2D eigenvalue weighted by Crippen LogP contribution is 2.36. The van der Waals surface area contributed by atoms with Crippen molar-refractivity contribution in [2.24, 2.45) is 17.8 Å². The number of hydrogen-bond donors (Lipinski definition) is 0. The van der Waals surface area contributed by atoms with Crippen LogP contribution in [0.5, 0.6) is 5.75 Å². The predicted molar refractivity (Wildman–Crippen MR) is 112 cm³/mol. The molecule has 3 rings (SSSR count). The first-order chi connectivity index (χ1) is 12.8. The van der Waals surface area contributed by atoms with Crippen LogP contribution in [0.25, 0.3) is 0 Å². The van der Waals surface area contributed by atoms with Crippen molar-refractivity contribution < 1.29 is 4.74 Å². The highest BCUT2D eigenvalue weighted by atomic mass is 16.5. The number of aryl methyl sites for hydroxylation is 1. The zero-order chi connectivity index (χ0) is 18.2. The topological polar surface area (TPSA) is 9.23 Å². The largest absolute Gasteiger partial charge is 0.497 e. The molecular formula is C25H38O. The summed E-state index contributed by atoms with van der Waals surface area (Å²) in [7, 11) is 1.73. The summed E-state index contributed by atoms with van der Waals surface area (Å²) in [5, 5.41) is 0. The molecule has 0 heterocycles. The van der Waals surface area contributed by atoms with E-state index in [1.165, 1.54) is 82.6 Å². The highest BCUT2D eigenvalue weighted by Gasteiger charge is 2.21. The summed E-state index contributed by atoms with van der Waals surface area (Å²) >= 11 is 0. The number of ether oxygens (including phenoxy) is 1. The molecule has 0 aromatic heterocycles. The van der Waals surface area contributed by atoms with E-state index in [9.17, 15) is 0 Å². The molecule has 0 radical (unpaired) electrons. The van der Waals surface area contributed by atoms with Gasteiger partial charge in [0.15, 0.2) is 0 Å². The van der Waals surface area contributed by atoms with Gasteiger partial charge in [-0.05, 0) is 74.0 Å². The molecule has 0 aliphatic heterocycles. The molecule has 1 heteroatoms. The van der Waals surface area contributed by atoms with Crippen molar-refractivity contribution in [1.29, 1.82) is 0 Å². The lowest BCUT2D eigenvalue weighted by atomic mass is 9.76. The zero-order valence-electron chi connectivity index (χ0n) is 17.0. The van der Waals surface area contributed by atoms with Crippen LogP contribution in [0.15, 0.2) is 35.9 Å². The molecular weight excluding hydrogens is 316 g/mol. The Balaban J connectivity index is 1.34. The first kappa shape index (κ1) is 19.5. The van der Waals surface area contributed by atoms with E-state index < -0.39 is 0 Å². The maximum Gasteiger partial charge on any atom is 0.118 e. The van der Waals surface area contributed by atoms with E-state index in [1.807, 2.05) is 0 Å². The minimum atomic E-state index is 0.955. The third-order valence-corrected chi connectivity index (χ3v) is 7.03. The van der Waals surface area contributed by atoms with E-state index in [0.717, 1.165) is 23.5 Å². The van der Waals surface area contributed by atoms with Crippen molar-refractivity contribution >= 4 is 0 Å². The summed E-state index contributed by atoms with van der Waals surface area (Å²) in [5.74, 6) is 4.00. The van der Waals surface area contributed by atoms with Gasteiger partial charge in [0.1, 0.15) is 5.75 Å². The van der Waals surface area contributed by atoms with Crippen molar-refractivity contribution in [1.82, 2.24) is 0 Å². The van der Waals surface area contributed by atoms with Crippen LogP contribution in [0, 0.1) is 17.8 Å². The van der Waals surface area contributed by atoms with Crippen LogP contribution in [0.1, 0.15) is 83.1 Å². The molecule has 26 heavy (non-hydrogen) atoms. The summed E-state index contributed by atoms with van der Waals surface area (Å²) < 4.78 is 5.24. The lowest BCUT2D eigenvalue weighted by Gasteiger charge is -2.29. The number of benzene rings is 1. The molecule has 1 nitrogen and oxygen atoms in total. The standard InChI is InChI=1S/C25H38O/c1-3-20-4-6-21(7-5-20)8-9-22-10-12-23(13-11-22)14-15-24-16-18-25(26-2)19-17-24/h12,16-22H,3-11,13-15H2,1-2H3/t20-,21-,22?. The van der Waals surface area contributed by atoms with Crippen LogP contribution in [0.2, 0.25) is 0 Å². The Morgan fingerprint density at radius 1 is 0.846 bits per heavy atom. The molecule has 1 aromatic rings. The van der Waals surface area contributed by atoms with Gasteiger partial charge < -0.3 is 4.74 Å². The first-order valence-corrected chi connectivity index (χ1v) is 11.1. The van der Waals surface area contributed by atoms with Gasteiger partial charge in [0.05, 0.1) is 7.11 Å². The molecule has 1 fully saturated rings. The summed E-state index contributed by atoms with van der Waals surface area (Å²) in [6.45, 7) is 2.37. The van der Waals surface area contributed by atoms with Crippen LogP contribution in [0.4, 0.5) is 0 Å². The van der Waals surface area contributed by atoms with Gasteiger partial charge in [0.2, 0.25) is 0 Å². The number of hydrogen-bond acceptors (Lipinski definition) is 1. The fourth-order valence-electron chi connectivity index (χ4n) is 4.93.